The molecule has 0 amide bonds. The van der Waals surface area contributed by atoms with Crippen LogP contribution in [0.25, 0.3) is 0 Å². The van der Waals surface area contributed by atoms with Gasteiger partial charge in [0, 0.05) is 19.1 Å². The lowest BCUT2D eigenvalue weighted by atomic mass is 10.1. The highest BCUT2D eigenvalue weighted by atomic mass is 16.3. The van der Waals surface area contributed by atoms with Crippen LogP contribution in [-0.2, 0) is 0 Å². The van der Waals surface area contributed by atoms with E-state index < -0.39 is 5.60 Å². The molecule has 1 unspecified atom stereocenters. The number of likely N-dealkylation sites (tertiary alicyclic amines) is 2. The number of rotatable bonds is 4. The van der Waals surface area contributed by atoms with Crippen LogP contribution in [0, 0.1) is 0 Å². The summed E-state index contributed by atoms with van der Waals surface area (Å²) in [6.45, 7) is 9.91. The van der Waals surface area contributed by atoms with Crippen molar-refractivity contribution in [1.29, 1.82) is 0 Å². The fourth-order valence-corrected chi connectivity index (χ4v) is 2.85. The molecule has 2 saturated heterocycles. The molecule has 2 heterocycles. The van der Waals surface area contributed by atoms with E-state index in [1.807, 2.05) is 13.8 Å². The SMILES string of the molecule is CC(C)(O)CCN1CCC(N2CCCC2)C1. The van der Waals surface area contributed by atoms with Gasteiger partial charge in [0.05, 0.1) is 5.60 Å². The van der Waals surface area contributed by atoms with E-state index in [1.165, 1.54) is 45.4 Å². The Morgan fingerprint density at radius 3 is 2.50 bits per heavy atom. The minimum absolute atomic E-state index is 0.508. The molecular weight excluding hydrogens is 200 g/mol. The fourth-order valence-electron chi connectivity index (χ4n) is 2.85. The van der Waals surface area contributed by atoms with Crippen LogP contribution in [0.4, 0.5) is 0 Å². The molecule has 1 atom stereocenters. The second-order valence-corrected chi connectivity index (χ2v) is 6.05. The fraction of sp³-hybridized carbons (Fsp3) is 1.00. The molecule has 0 aliphatic carbocycles. The van der Waals surface area contributed by atoms with Gasteiger partial charge in [0.2, 0.25) is 0 Å². The molecule has 0 spiro atoms. The smallest absolute Gasteiger partial charge is 0.0603 e. The Labute approximate surface area is 99.4 Å². The van der Waals surface area contributed by atoms with Crippen molar-refractivity contribution in [3.05, 3.63) is 0 Å². The van der Waals surface area contributed by atoms with Crippen molar-refractivity contribution in [2.24, 2.45) is 0 Å². The molecule has 2 rings (SSSR count). The van der Waals surface area contributed by atoms with Gasteiger partial charge in [-0.3, -0.25) is 4.90 Å². The van der Waals surface area contributed by atoms with E-state index in [4.69, 9.17) is 0 Å². The van der Waals surface area contributed by atoms with Gasteiger partial charge >= 0.3 is 0 Å². The lowest BCUT2D eigenvalue weighted by Crippen LogP contribution is -2.36. The molecular formula is C13H26N2O. The molecule has 16 heavy (non-hydrogen) atoms. The Bertz CT molecular complexity index is 218. The molecule has 3 nitrogen and oxygen atoms in total. The van der Waals surface area contributed by atoms with E-state index in [0.29, 0.717) is 0 Å². The second-order valence-electron chi connectivity index (χ2n) is 6.05. The Kier molecular flexibility index (Phi) is 3.88. The maximum Gasteiger partial charge on any atom is 0.0603 e. The minimum atomic E-state index is -0.508. The van der Waals surface area contributed by atoms with Gasteiger partial charge < -0.3 is 10.0 Å². The highest BCUT2D eigenvalue weighted by Gasteiger charge is 2.29. The molecule has 0 aromatic rings. The first kappa shape index (κ1) is 12.3. The number of aliphatic hydroxyl groups is 1. The predicted molar refractivity (Wildman–Crippen MR) is 66.6 cm³/mol. The first-order valence-electron chi connectivity index (χ1n) is 6.73. The summed E-state index contributed by atoms with van der Waals surface area (Å²) in [6.07, 6.45) is 4.99. The molecule has 0 radical (unpaired) electrons. The zero-order valence-corrected chi connectivity index (χ0v) is 10.8. The molecule has 1 N–H and O–H groups in total. The van der Waals surface area contributed by atoms with E-state index in [1.54, 1.807) is 0 Å². The summed E-state index contributed by atoms with van der Waals surface area (Å²) in [5, 5.41) is 9.72. The Morgan fingerprint density at radius 1 is 1.19 bits per heavy atom. The summed E-state index contributed by atoms with van der Waals surface area (Å²) < 4.78 is 0. The van der Waals surface area contributed by atoms with Crippen LogP contribution in [0.5, 0.6) is 0 Å². The lowest BCUT2D eigenvalue weighted by molar-refractivity contribution is 0.0596. The monoisotopic (exact) mass is 226 g/mol. The Morgan fingerprint density at radius 2 is 1.88 bits per heavy atom. The predicted octanol–water partition coefficient (Wildman–Crippen LogP) is 1.32. The zero-order chi connectivity index (χ0) is 11.6. The van der Waals surface area contributed by atoms with Gasteiger partial charge in [0.1, 0.15) is 0 Å². The van der Waals surface area contributed by atoms with E-state index in [-0.39, 0.29) is 0 Å². The minimum Gasteiger partial charge on any atom is -0.390 e. The van der Waals surface area contributed by atoms with E-state index in [9.17, 15) is 5.11 Å². The lowest BCUT2D eigenvalue weighted by Gasteiger charge is -2.25. The molecule has 3 heteroatoms. The summed E-state index contributed by atoms with van der Waals surface area (Å²) in [7, 11) is 0. The van der Waals surface area contributed by atoms with Crippen molar-refractivity contribution in [3.8, 4) is 0 Å². The van der Waals surface area contributed by atoms with Crippen molar-refractivity contribution >= 4 is 0 Å². The average Bonchev–Trinajstić information content (AvgIpc) is 2.84. The topological polar surface area (TPSA) is 26.7 Å². The molecule has 2 fully saturated rings. The molecule has 0 saturated carbocycles. The van der Waals surface area contributed by atoms with Crippen molar-refractivity contribution in [3.63, 3.8) is 0 Å². The molecule has 0 aromatic heterocycles. The number of nitrogens with zero attached hydrogens (tertiary/aromatic N) is 2. The van der Waals surface area contributed by atoms with Gasteiger partial charge in [0.15, 0.2) is 0 Å². The first-order valence-corrected chi connectivity index (χ1v) is 6.73. The normalized spacial score (nSPS) is 29.1. The molecule has 0 bridgehead atoms. The van der Waals surface area contributed by atoms with Crippen LogP contribution in [0.3, 0.4) is 0 Å². The largest absolute Gasteiger partial charge is 0.390 e. The van der Waals surface area contributed by atoms with Gasteiger partial charge in [0.25, 0.3) is 0 Å². The van der Waals surface area contributed by atoms with Crippen LogP contribution in [0.15, 0.2) is 0 Å². The second kappa shape index (κ2) is 5.03. The molecule has 2 aliphatic rings. The Hall–Kier alpha value is -0.120. The van der Waals surface area contributed by atoms with Crippen LogP contribution in [-0.4, -0.2) is 59.3 Å². The van der Waals surface area contributed by atoms with Crippen molar-refractivity contribution < 1.29 is 5.11 Å². The van der Waals surface area contributed by atoms with Gasteiger partial charge in [-0.25, -0.2) is 0 Å². The molecule has 94 valence electrons. The van der Waals surface area contributed by atoms with Gasteiger partial charge in [-0.2, -0.15) is 0 Å². The van der Waals surface area contributed by atoms with Crippen molar-refractivity contribution in [2.45, 2.75) is 51.2 Å². The standard InChI is InChI=1S/C13H26N2O/c1-13(2,16)6-10-14-9-5-12(11-14)15-7-3-4-8-15/h12,16H,3-11H2,1-2H3. The van der Waals surface area contributed by atoms with Crippen LogP contribution in [0.1, 0.15) is 39.5 Å². The molecule has 0 aromatic carbocycles. The molecule has 2 aliphatic heterocycles. The summed E-state index contributed by atoms with van der Waals surface area (Å²) >= 11 is 0. The highest BCUT2D eigenvalue weighted by molar-refractivity contribution is 4.86. The summed E-state index contributed by atoms with van der Waals surface area (Å²) in [5.74, 6) is 0. The van der Waals surface area contributed by atoms with Crippen LogP contribution < -0.4 is 0 Å². The van der Waals surface area contributed by atoms with Crippen molar-refractivity contribution in [2.75, 3.05) is 32.7 Å². The maximum absolute atomic E-state index is 9.72. The van der Waals surface area contributed by atoms with E-state index in [0.717, 1.165) is 19.0 Å². The quantitative estimate of drug-likeness (QED) is 0.783. The van der Waals surface area contributed by atoms with Crippen molar-refractivity contribution in [1.82, 2.24) is 9.80 Å². The van der Waals surface area contributed by atoms with Crippen LogP contribution in [0.2, 0.25) is 0 Å². The summed E-state index contributed by atoms with van der Waals surface area (Å²) in [5.41, 5.74) is -0.508. The number of hydrogen-bond donors (Lipinski definition) is 1. The number of hydrogen-bond acceptors (Lipinski definition) is 3. The average molecular weight is 226 g/mol. The highest BCUT2D eigenvalue weighted by Crippen LogP contribution is 2.21. The summed E-state index contributed by atoms with van der Waals surface area (Å²) in [4.78, 5) is 5.17. The van der Waals surface area contributed by atoms with E-state index >= 15 is 0 Å². The third kappa shape index (κ3) is 3.44. The zero-order valence-electron chi connectivity index (χ0n) is 10.8. The van der Waals surface area contributed by atoms with Gasteiger partial charge in [-0.15, -0.1) is 0 Å². The first-order chi connectivity index (χ1) is 7.54. The van der Waals surface area contributed by atoms with Gasteiger partial charge in [-0.1, -0.05) is 0 Å². The summed E-state index contributed by atoms with van der Waals surface area (Å²) in [6, 6.07) is 0.796. The Balaban J connectivity index is 1.71. The third-order valence-corrected chi connectivity index (χ3v) is 3.94. The third-order valence-electron chi connectivity index (χ3n) is 3.94. The maximum atomic E-state index is 9.72. The van der Waals surface area contributed by atoms with E-state index in [2.05, 4.69) is 9.80 Å². The van der Waals surface area contributed by atoms with Crippen LogP contribution >= 0.6 is 0 Å². The van der Waals surface area contributed by atoms with Gasteiger partial charge in [-0.05, 0) is 59.2 Å².